The van der Waals surface area contributed by atoms with E-state index in [0.717, 1.165) is 22.4 Å². The van der Waals surface area contributed by atoms with Gasteiger partial charge in [-0.3, -0.25) is 14.7 Å². The Balaban J connectivity index is 1.46. The second kappa shape index (κ2) is 10.7. The maximum Gasteiger partial charge on any atom is 0.325 e. The van der Waals surface area contributed by atoms with Crippen molar-refractivity contribution in [1.29, 1.82) is 0 Å². The van der Waals surface area contributed by atoms with Gasteiger partial charge in [0.25, 0.3) is 0 Å². The average molecular weight is 481 g/mol. The zero-order valence-electron chi connectivity index (χ0n) is 19.5. The highest BCUT2D eigenvalue weighted by Crippen LogP contribution is 2.28. The highest BCUT2D eigenvalue weighted by atomic mass is 32.2. The molecule has 4 rings (SSSR count). The highest BCUT2D eigenvalue weighted by Gasteiger charge is 2.23. The SMILES string of the molecule is Cc1ccccc1-n1c(SCC(=O)NC(=O)Nc2cccc(C)c2C)nnc1N1CCOCC1. The van der Waals surface area contributed by atoms with Gasteiger partial charge in [0.15, 0.2) is 5.16 Å². The van der Waals surface area contributed by atoms with Gasteiger partial charge in [0.2, 0.25) is 11.9 Å². The van der Waals surface area contributed by atoms with Crippen LogP contribution in [0.3, 0.4) is 0 Å². The second-order valence-electron chi connectivity index (χ2n) is 8.04. The molecule has 3 aromatic rings. The number of benzene rings is 2. The van der Waals surface area contributed by atoms with Crippen LogP contribution in [0.4, 0.5) is 16.4 Å². The molecule has 0 saturated carbocycles. The van der Waals surface area contributed by atoms with Crippen LogP contribution in [0.15, 0.2) is 47.6 Å². The van der Waals surface area contributed by atoms with E-state index in [4.69, 9.17) is 4.74 Å². The molecule has 1 aromatic heterocycles. The summed E-state index contributed by atoms with van der Waals surface area (Å²) in [7, 11) is 0. The fourth-order valence-corrected chi connectivity index (χ4v) is 4.42. The number of rotatable bonds is 6. The van der Waals surface area contributed by atoms with E-state index in [1.54, 1.807) is 6.07 Å². The molecule has 0 spiro atoms. The molecule has 178 valence electrons. The summed E-state index contributed by atoms with van der Waals surface area (Å²) in [6, 6.07) is 13.0. The summed E-state index contributed by atoms with van der Waals surface area (Å²) in [6.45, 7) is 8.60. The fourth-order valence-electron chi connectivity index (χ4n) is 3.68. The molecule has 1 saturated heterocycles. The number of anilines is 2. The Bertz CT molecular complexity index is 1190. The van der Waals surface area contributed by atoms with Crippen LogP contribution in [0.2, 0.25) is 0 Å². The van der Waals surface area contributed by atoms with Crippen molar-refractivity contribution < 1.29 is 14.3 Å². The van der Waals surface area contributed by atoms with Gasteiger partial charge < -0.3 is 15.0 Å². The molecule has 0 radical (unpaired) electrons. The molecule has 0 aliphatic carbocycles. The van der Waals surface area contributed by atoms with Gasteiger partial charge in [-0.2, -0.15) is 0 Å². The van der Waals surface area contributed by atoms with Crippen LogP contribution in [0, 0.1) is 20.8 Å². The Morgan fingerprint density at radius 2 is 1.74 bits per heavy atom. The van der Waals surface area contributed by atoms with Crippen LogP contribution in [0.5, 0.6) is 0 Å². The minimum Gasteiger partial charge on any atom is -0.378 e. The summed E-state index contributed by atoms with van der Waals surface area (Å²) in [5, 5.41) is 14.5. The van der Waals surface area contributed by atoms with E-state index in [1.807, 2.05) is 61.7 Å². The normalized spacial score (nSPS) is 13.6. The Morgan fingerprint density at radius 3 is 2.50 bits per heavy atom. The molecule has 0 bridgehead atoms. The van der Waals surface area contributed by atoms with Crippen molar-refractivity contribution in [3.05, 3.63) is 59.2 Å². The molecule has 1 aliphatic rings. The number of nitrogens with zero attached hydrogens (tertiary/aromatic N) is 4. The molecule has 1 aliphatic heterocycles. The number of para-hydroxylation sites is 1. The number of aryl methyl sites for hydroxylation is 2. The van der Waals surface area contributed by atoms with Crippen molar-refractivity contribution in [2.45, 2.75) is 25.9 Å². The molecule has 2 aromatic carbocycles. The zero-order chi connectivity index (χ0) is 24.1. The number of amides is 3. The van der Waals surface area contributed by atoms with E-state index < -0.39 is 11.9 Å². The maximum absolute atomic E-state index is 12.5. The van der Waals surface area contributed by atoms with Crippen molar-refractivity contribution in [3.63, 3.8) is 0 Å². The number of hydrogen-bond acceptors (Lipinski definition) is 7. The third-order valence-corrected chi connectivity index (χ3v) is 6.63. The van der Waals surface area contributed by atoms with Gasteiger partial charge in [-0.15, -0.1) is 10.2 Å². The van der Waals surface area contributed by atoms with Crippen molar-refractivity contribution >= 4 is 35.3 Å². The fraction of sp³-hybridized carbons (Fsp3) is 0.333. The van der Waals surface area contributed by atoms with Gasteiger partial charge in [0.05, 0.1) is 24.7 Å². The third-order valence-electron chi connectivity index (χ3n) is 5.70. The predicted molar refractivity (Wildman–Crippen MR) is 133 cm³/mol. The number of aromatic nitrogens is 3. The molecule has 0 atom stereocenters. The van der Waals surface area contributed by atoms with Crippen LogP contribution < -0.4 is 15.5 Å². The molecule has 2 N–H and O–H groups in total. The maximum atomic E-state index is 12.5. The summed E-state index contributed by atoms with van der Waals surface area (Å²) in [4.78, 5) is 27.0. The lowest BCUT2D eigenvalue weighted by atomic mass is 10.1. The zero-order valence-corrected chi connectivity index (χ0v) is 20.3. The van der Waals surface area contributed by atoms with Crippen LogP contribution in [0.25, 0.3) is 5.69 Å². The quantitative estimate of drug-likeness (QED) is 0.521. The van der Waals surface area contributed by atoms with Gasteiger partial charge in [-0.05, 0) is 49.6 Å². The molecule has 10 heteroatoms. The summed E-state index contributed by atoms with van der Waals surface area (Å²) < 4.78 is 7.44. The number of nitrogens with one attached hydrogen (secondary N) is 2. The van der Waals surface area contributed by atoms with Crippen LogP contribution in [0.1, 0.15) is 16.7 Å². The molecule has 34 heavy (non-hydrogen) atoms. The number of hydrogen-bond donors (Lipinski definition) is 2. The van der Waals surface area contributed by atoms with Crippen molar-refractivity contribution in [2.75, 3.05) is 42.3 Å². The van der Waals surface area contributed by atoms with Crippen LogP contribution >= 0.6 is 11.8 Å². The first-order valence-corrected chi connectivity index (χ1v) is 12.1. The Hall–Kier alpha value is -3.37. The molecular weight excluding hydrogens is 452 g/mol. The second-order valence-corrected chi connectivity index (χ2v) is 8.98. The first-order chi connectivity index (χ1) is 16.4. The lowest BCUT2D eigenvalue weighted by molar-refractivity contribution is -0.117. The summed E-state index contributed by atoms with van der Waals surface area (Å²) in [5.41, 5.74) is 4.71. The van der Waals surface area contributed by atoms with E-state index in [9.17, 15) is 9.59 Å². The Kier molecular flexibility index (Phi) is 7.49. The number of ether oxygens (including phenoxy) is 1. The first-order valence-electron chi connectivity index (χ1n) is 11.1. The van der Waals surface area contributed by atoms with Crippen LogP contribution in [-0.4, -0.2) is 58.8 Å². The van der Waals surface area contributed by atoms with Gasteiger partial charge in [-0.1, -0.05) is 42.1 Å². The van der Waals surface area contributed by atoms with Crippen LogP contribution in [-0.2, 0) is 9.53 Å². The highest BCUT2D eigenvalue weighted by molar-refractivity contribution is 7.99. The smallest absolute Gasteiger partial charge is 0.325 e. The average Bonchev–Trinajstić information content (AvgIpc) is 3.25. The number of urea groups is 1. The van der Waals surface area contributed by atoms with Gasteiger partial charge in [-0.25, -0.2) is 4.79 Å². The lowest BCUT2D eigenvalue weighted by Gasteiger charge is -2.28. The summed E-state index contributed by atoms with van der Waals surface area (Å²) >= 11 is 1.24. The van der Waals surface area contributed by atoms with Crippen molar-refractivity contribution in [3.8, 4) is 5.69 Å². The van der Waals surface area contributed by atoms with E-state index in [2.05, 4.69) is 25.7 Å². The third kappa shape index (κ3) is 5.40. The first kappa shape index (κ1) is 23.8. The van der Waals surface area contributed by atoms with Gasteiger partial charge in [0.1, 0.15) is 0 Å². The van der Waals surface area contributed by atoms with Gasteiger partial charge >= 0.3 is 6.03 Å². The largest absolute Gasteiger partial charge is 0.378 e. The summed E-state index contributed by atoms with van der Waals surface area (Å²) in [5.74, 6) is 0.320. The molecule has 9 nitrogen and oxygen atoms in total. The number of thioether (sulfide) groups is 1. The lowest BCUT2D eigenvalue weighted by Crippen LogP contribution is -2.38. The molecule has 1 fully saturated rings. The number of morpholine rings is 1. The number of imide groups is 1. The van der Waals surface area contributed by atoms with Crippen molar-refractivity contribution in [2.24, 2.45) is 0 Å². The number of carbonyl (C=O) groups excluding carboxylic acids is 2. The minimum absolute atomic E-state index is 0.0212. The van der Waals surface area contributed by atoms with E-state index in [-0.39, 0.29) is 5.75 Å². The minimum atomic E-state index is -0.561. The topological polar surface area (TPSA) is 101 Å². The van der Waals surface area contributed by atoms with E-state index in [1.165, 1.54) is 11.8 Å². The Morgan fingerprint density at radius 1 is 1.00 bits per heavy atom. The van der Waals surface area contributed by atoms with Gasteiger partial charge in [0, 0.05) is 18.8 Å². The number of carbonyl (C=O) groups is 2. The predicted octanol–water partition coefficient (Wildman–Crippen LogP) is 3.47. The molecule has 3 amide bonds. The molecule has 2 heterocycles. The van der Waals surface area contributed by atoms with Crippen molar-refractivity contribution in [1.82, 2.24) is 20.1 Å². The molecule has 0 unspecified atom stereocenters. The molecular formula is C24H28N6O3S. The summed E-state index contributed by atoms with van der Waals surface area (Å²) in [6.07, 6.45) is 0. The van der Waals surface area contributed by atoms with E-state index in [0.29, 0.717) is 43.1 Å². The Labute approximate surface area is 202 Å². The van der Waals surface area contributed by atoms with E-state index >= 15 is 0 Å². The standard InChI is InChI=1S/C24H28N6O3S/c1-16-8-6-9-19(18(16)3)25-22(32)26-21(31)15-34-24-28-27-23(29-11-13-33-14-12-29)30(24)20-10-5-4-7-17(20)2/h4-10H,11-15H2,1-3H3,(H2,25,26,31,32). The monoisotopic (exact) mass is 480 g/mol.